The van der Waals surface area contributed by atoms with Crippen molar-refractivity contribution < 1.29 is 4.79 Å². The molecular formula is C14H16N4O2. The lowest BCUT2D eigenvalue weighted by Gasteiger charge is -2.08. The molecule has 1 amide bonds. The zero-order valence-electron chi connectivity index (χ0n) is 11.0. The van der Waals surface area contributed by atoms with Gasteiger partial charge in [-0.05, 0) is 24.6 Å². The Kier molecular flexibility index (Phi) is 4.49. The second-order valence-corrected chi connectivity index (χ2v) is 4.32. The smallest absolute Gasteiger partial charge is 0.266 e. The number of para-hydroxylation sites is 2. The Labute approximate surface area is 116 Å². The minimum absolute atomic E-state index is 0.133. The normalized spacial score (nSPS) is 10.2. The van der Waals surface area contributed by atoms with Gasteiger partial charge in [-0.2, -0.15) is 5.10 Å². The van der Waals surface area contributed by atoms with Gasteiger partial charge in [0.2, 0.25) is 5.91 Å². The van der Waals surface area contributed by atoms with E-state index in [0.29, 0.717) is 30.8 Å². The average Bonchev–Trinajstić information content (AvgIpc) is 2.43. The quantitative estimate of drug-likeness (QED) is 0.801. The fraction of sp³-hybridized carbons (Fsp3) is 0.214. The van der Waals surface area contributed by atoms with Gasteiger partial charge in [-0.1, -0.05) is 12.1 Å². The van der Waals surface area contributed by atoms with E-state index in [1.54, 1.807) is 36.5 Å². The molecule has 20 heavy (non-hydrogen) atoms. The van der Waals surface area contributed by atoms with Crippen LogP contribution in [0.2, 0.25) is 0 Å². The zero-order chi connectivity index (χ0) is 14.4. The lowest BCUT2D eigenvalue weighted by atomic mass is 10.2. The summed E-state index contributed by atoms with van der Waals surface area (Å²) in [5.41, 5.74) is 6.71. The van der Waals surface area contributed by atoms with Gasteiger partial charge >= 0.3 is 0 Å². The molecular weight excluding hydrogens is 256 g/mol. The van der Waals surface area contributed by atoms with E-state index in [2.05, 4.69) is 10.4 Å². The summed E-state index contributed by atoms with van der Waals surface area (Å²) < 4.78 is 1.34. The number of aromatic nitrogens is 2. The molecule has 0 aliphatic carbocycles. The highest BCUT2D eigenvalue weighted by Crippen LogP contribution is 2.16. The topological polar surface area (TPSA) is 90.0 Å². The second kappa shape index (κ2) is 6.51. The maximum absolute atomic E-state index is 11.8. The molecule has 0 spiro atoms. The number of rotatable bonds is 5. The van der Waals surface area contributed by atoms with Crippen LogP contribution >= 0.6 is 0 Å². The second-order valence-electron chi connectivity index (χ2n) is 4.32. The number of nitrogen functional groups attached to an aromatic ring is 1. The lowest BCUT2D eigenvalue weighted by molar-refractivity contribution is -0.116. The number of benzene rings is 1. The van der Waals surface area contributed by atoms with Crippen LogP contribution in [-0.4, -0.2) is 15.7 Å². The van der Waals surface area contributed by atoms with Crippen LogP contribution in [0.1, 0.15) is 12.8 Å². The number of hydrogen-bond donors (Lipinski definition) is 2. The SMILES string of the molecule is Nc1ccccc1NC(=O)CCCn1ncccc1=O. The van der Waals surface area contributed by atoms with Crippen LogP contribution < -0.4 is 16.6 Å². The molecule has 104 valence electrons. The Morgan fingerprint density at radius 1 is 1.25 bits per heavy atom. The predicted octanol–water partition coefficient (Wildman–Crippen LogP) is 1.24. The van der Waals surface area contributed by atoms with Gasteiger partial charge in [-0.25, -0.2) is 4.68 Å². The molecule has 1 aromatic carbocycles. The van der Waals surface area contributed by atoms with Crippen molar-refractivity contribution in [1.29, 1.82) is 0 Å². The summed E-state index contributed by atoms with van der Waals surface area (Å²) in [5.74, 6) is -0.133. The first-order valence-corrected chi connectivity index (χ1v) is 6.33. The van der Waals surface area contributed by atoms with Gasteiger partial charge in [-0.15, -0.1) is 0 Å². The fourth-order valence-corrected chi connectivity index (χ4v) is 1.77. The third-order valence-electron chi connectivity index (χ3n) is 2.79. The minimum Gasteiger partial charge on any atom is -0.397 e. The standard InChI is InChI=1S/C14H16N4O2/c15-11-5-1-2-6-12(11)17-13(19)7-4-10-18-14(20)8-3-9-16-18/h1-3,5-6,8-9H,4,7,10,15H2,(H,17,19). The molecule has 2 rings (SSSR count). The number of carbonyl (C=O) groups is 1. The fourth-order valence-electron chi connectivity index (χ4n) is 1.77. The highest BCUT2D eigenvalue weighted by Gasteiger charge is 2.05. The van der Waals surface area contributed by atoms with E-state index in [0.717, 1.165) is 0 Å². The van der Waals surface area contributed by atoms with Crippen LogP contribution in [0.15, 0.2) is 47.4 Å². The van der Waals surface area contributed by atoms with E-state index in [-0.39, 0.29) is 11.5 Å². The Morgan fingerprint density at radius 3 is 2.80 bits per heavy atom. The van der Waals surface area contributed by atoms with Crippen molar-refractivity contribution in [2.24, 2.45) is 0 Å². The first-order chi connectivity index (χ1) is 9.66. The zero-order valence-corrected chi connectivity index (χ0v) is 11.0. The number of amides is 1. The molecule has 0 bridgehead atoms. The molecule has 6 heteroatoms. The molecule has 0 saturated heterocycles. The van der Waals surface area contributed by atoms with Crippen LogP contribution in [0.25, 0.3) is 0 Å². The van der Waals surface area contributed by atoms with Gasteiger partial charge in [0.1, 0.15) is 0 Å². The third-order valence-corrected chi connectivity index (χ3v) is 2.79. The van der Waals surface area contributed by atoms with Gasteiger partial charge in [0.25, 0.3) is 5.56 Å². The van der Waals surface area contributed by atoms with Crippen LogP contribution in [0.3, 0.4) is 0 Å². The molecule has 1 aromatic heterocycles. The van der Waals surface area contributed by atoms with Crippen molar-refractivity contribution in [3.05, 3.63) is 52.9 Å². The molecule has 0 unspecified atom stereocenters. The van der Waals surface area contributed by atoms with E-state index < -0.39 is 0 Å². The van der Waals surface area contributed by atoms with Gasteiger partial charge < -0.3 is 11.1 Å². The number of nitrogens with one attached hydrogen (secondary N) is 1. The molecule has 0 atom stereocenters. The Morgan fingerprint density at radius 2 is 2.05 bits per heavy atom. The van der Waals surface area contributed by atoms with Crippen molar-refractivity contribution in [3.8, 4) is 0 Å². The van der Waals surface area contributed by atoms with Gasteiger partial charge in [-0.3, -0.25) is 9.59 Å². The van der Waals surface area contributed by atoms with Crippen LogP contribution in [0, 0.1) is 0 Å². The molecule has 6 nitrogen and oxygen atoms in total. The van der Waals surface area contributed by atoms with E-state index in [9.17, 15) is 9.59 Å². The number of nitrogens with zero attached hydrogens (tertiary/aromatic N) is 2. The van der Waals surface area contributed by atoms with Crippen molar-refractivity contribution in [1.82, 2.24) is 9.78 Å². The Hall–Kier alpha value is -2.63. The van der Waals surface area contributed by atoms with E-state index in [1.165, 1.54) is 10.7 Å². The number of nitrogens with two attached hydrogens (primary N) is 1. The maximum Gasteiger partial charge on any atom is 0.266 e. The lowest BCUT2D eigenvalue weighted by Crippen LogP contribution is -2.22. The highest BCUT2D eigenvalue weighted by molar-refractivity contribution is 5.93. The summed E-state index contributed by atoms with van der Waals surface area (Å²) in [6.07, 6.45) is 2.39. The molecule has 0 saturated carbocycles. The van der Waals surface area contributed by atoms with E-state index in [1.807, 2.05) is 0 Å². The van der Waals surface area contributed by atoms with Gasteiger partial charge in [0.05, 0.1) is 11.4 Å². The van der Waals surface area contributed by atoms with Crippen molar-refractivity contribution in [2.45, 2.75) is 19.4 Å². The molecule has 0 aliphatic rings. The molecule has 3 N–H and O–H groups in total. The summed E-state index contributed by atoms with van der Waals surface area (Å²) in [4.78, 5) is 23.2. The summed E-state index contributed by atoms with van der Waals surface area (Å²) in [6, 6.07) is 10.1. The molecule has 2 aromatic rings. The van der Waals surface area contributed by atoms with E-state index in [4.69, 9.17) is 5.73 Å². The van der Waals surface area contributed by atoms with E-state index >= 15 is 0 Å². The summed E-state index contributed by atoms with van der Waals surface area (Å²) in [5, 5.41) is 6.67. The Bertz CT molecular complexity index is 651. The average molecular weight is 272 g/mol. The molecule has 0 fully saturated rings. The predicted molar refractivity (Wildman–Crippen MR) is 77.2 cm³/mol. The minimum atomic E-state index is -0.166. The van der Waals surface area contributed by atoms with Crippen LogP contribution in [-0.2, 0) is 11.3 Å². The Balaban J connectivity index is 1.83. The molecule has 0 aliphatic heterocycles. The van der Waals surface area contributed by atoms with Crippen molar-refractivity contribution >= 4 is 17.3 Å². The number of hydrogen-bond acceptors (Lipinski definition) is 4. The monoisotopic (exact) mass is 272 g/mol. The first-order valence-electron chi connectivity index (χ1n) is 6.33. The molecule has 0 radical (unpaired) electrons. The van der Waals surface area contributed by atoms with Crippen LogP contribution in [0.4, 0.5) is 11.4 Å². The number of aryl methyl sites for hydroxylation is 1. The summed E-state index contributed by atoms with van der Waals surface area (Å²) in [6.45, 7) is 0.414. The largest absolute Gasteiger partial charge is 0.397 e. The summed E-state index contributed by atoms with van der Waals surface area (Å²) in [7, 11) is 0. The maximum atomic E-state index is 11.8. The summed E-state index contributed by atoms with van der Waals surface area (Å²) >= 11 is 0. The number of anilines is 2. The molecule has 1 heterocycles. The number of carbonyl (C=O) groups excluding carboxylic acids is 1. The van der Waals surface area contributed by atoms with Crippen LogP contribution in [0.5, 0.6) is 0 Å². The first kappa shape index (κ1) is 13.8. The third kappa shape index (κ3) is 3.68. The highest BCUT2D eigenvalue weighted by atomic mass is 16.1. The van der Waals surface area contributed by atoms with Gasteiger partial charge in [0, 0.05) is 25.2 Å². The van der Waals surface area contributed by atoms with Gasteiger partial charge in [0.15, 0.2) is 0 Å². The van der Waals surface area contributed by atoms with Crippen molar-refractivity contribution in [2.75, 3.05) is 11.1 Å². The van der Waals surface area contributed by atoms with Crippen molar-refractivity contribution in [3.63, 3.8) is 0 Å².